The first-order chi connectivity index (χ1) is 7.59. The third-order valence-electron chi connectivity index (χ3n) is 2.28. The lowest BCUT2D eigenvalue weighted by molar-refractivity contribution is 0.533. The Morgan fingerprint density at radius 3 is 2.12 bits per heavy atom. The zero-order chi connectivity index (χ0) is 13.3. The van der Waals surface area contributed by atoms with Crippen molar-refractivity contribution in [3.8, 4) is 0 Å². The standard InChI is InChI=1S/C14H22BNS/c1-13(2,3)11-9-10(15)7-8-12(11)17-16-14(4,5)6/h7-9,16H,1-6H3. The minimum absolute atomic E-state index is 0.0984. The second kappa shape index (κ2) is 5.07. The molecule has 1 rings (SSSR count). The molecule has 17 heavy (non-hydrogen) atoms. The molecule has 0 saturated carbocycles. The predicted octanol–water partition coefficient (Wildman–Crippen LogP) is 3.17. The van der Waals surface area contributed by atoms with E-state index in [0.29, 0.717) is 0 Å². The molecule has 92 valence electrons. The third kappa shape index (κ3) is 4.76. The van der Waals surface area contributed by atoms with Crippen LogP contribution in [0.3, 0.4) is 0 Å². The quantitative estimate of drug-likeness (QED) is 0.636. The van der Waals surface area contributed by atoms with Gasteiger partial charge in [-0.1, -0.05) is 38.4 Å². The maximum absolute atomic E-state index is 5.88. The van der Waals surface area contributed by atoms with Crippen molar-refractivity contribution in [2.24, 2.45) is 0 Å². The van der Waals surface area contributed by atoms with Crippen molar-refractivity contribution in [3.63, 3.8) is 0 Å². The highest BCUT2D eigenvalue weighted by Crippen LogP contribution is 2.31. The number of benzene rings is 1. The van der Waals surface area contributed by atoms with Crippen molar-refractivity contribution < 1.29 is 0 Å². The van der Waals surface area contributed by atoms with E-state index in [4.69, 9.17) is 7.85 Å². The highest BCUT2D eigenvalue weighted by molar-refractivity contribution is 7.97. The molecule has 3 heteroatoms. The van der Waals surface area contributed by atoms with Crippen molar-refractivity contribution in [2.75, 3.05) is 0 Å². The molecule has 1 N–H and O–H groups in total. The normalized spacial score (nSPS) is 12.8. The first-order valence-corrected chi connectivity index (χ1v) is 6.75. The maximum atomic E-state index is 5.88. The second-order valence-corrected chi connectivity index (χ2v) is 7.31. The fourth-order valence-corrected chi connectivity index (χ4v) is 2.46. The average Bonchev–Trinajstić information content (AvgIpc) is 2.13. The second-order valence-electron chi connectivity index (χ2n) is 6.46. The highest BCUT2D eigenvalue weighted by Gasteiger charge is 2.19. The summed E-state index contributed by atoms with van der Waals surface area (Å²) in [4.78, 5) is 1.25. The summed E-state index contributed by atoms with van der Waals surface area (Å²) in [5, 5.41) is 0. The average molecular weight is 247 g/mol. The molecule has 0 saturated heterocycles. The topological polar surface area (TPSA) is 12.0 Å². The van der Waals surface area contributed by atoms with E-state index in [-0.39, 0.29) is 11.0 Å². The molecule has 0 aliphatic rings. The van der Waals surface area contributed by atoms with Gasteiger partial charge in [-0.2, -0.15) is 0 Å². The molecule has 0 spiro atoms. The summed E-state index contributed by atoms with van der Waals surface area (Å²) >= 11 is 1.68. The first-order valence-electron chi connectivity index (χ1n) is 5.93. The van der Waals surface area contributed by atoms with Gasteiger partial charge in [0.2, 0.25) is 0 Å². The lowest BCUT2D eigenvalue weighted by Gasteiger charge is -2.26. The fraction of sp³-hybridized carbons (Fsp3) is 0.571. The van der Waals surface area contributed by atoms with E-state index >= 15 is 0 Å². The van der Waals surface area contributed by atoms with Gasteiger partial charge in [-0.25, -0.2) is 0 Å². The number of rotatable bonds is 2. The lowest BCUT2D eigenvalue weighted by atomic mass is 9.83. The molecular weight excluding hydrogens is 225 g/mol. The zero-order valence-corrected chi connectivity index (χ0v) is 12.5. The first kappa shape index (κ1) is 14.7. The van der Waals surface area contributed by atoms with E-state index in [1.54, 1.807) is 11.9 Å². The molecule has 1 aromatic rings. The Kier molecular flexibility index (Phi) is 4.37. The van der Waals surface area contributed by atoms with Crippen molar-refractivity contribution in [2.45, 2.75) is 57.4 Å². The number of hydrogen-bond donors (Lipinski definition) is 1. The molecule has 0 unspecified atom stereocenters. The predicted molar refractivity (Wildman–Crippen MR) is 79.3 cm³/mol. The van der Waals surface area contributed by atoms with Gasteiger partial charge in [0, 0.05) is 10.4 Å². The van der Waals surface area contributed by atoms with Gasteiger partial charge in [0.05, 0.1) is 0 Å². The molecule has 1 nitrogen and oxygen atoms in total. The van der Waals surface area contributed by atoms with E-state index < -0.39 is 0 Å². The van der Waals surface area contributed by atoms with Gasteiger partial charge >= 0.3 is 0 Å². The van der Waals surface area contributed by atoms with Crippen molar-refractivity contribution in [1.29, 1.82) is 0 Å². The smallest absolute Gasteiger partial charge is 0.113 e. The lowest BCUT2D eigenvalue weighted by Crippen LogP contribution is -2.30. The molecule has 0 aromatic heterocycles. The zero-order valence-electron chi connectivity index (χ0n) is 11.7. The fourth-order valence-electron chi connectivity index (χ4n) is 1.43. The molecule has 0 amide bonds. The van der Waals surface area contributed by atoms with Crippen molar-refractivity contribution in [3.05, 3.63) is 23.8 Å². The van der Waals surface area contributed by atoms with Gasteiger partial charge in [-0.05, 0) is 49.8 Å². The summed E-state index contributed by atoms with van der Waals surface area (Å²) in [6.07, 6.45) is 0. The minimum Gasteiger partial charge on any atom is -0.255 e. The van der Waals surface area contributed by atoms with E-state index in [2.05, 4.69) is 58.4 Å². The summed E-state index contributed by atoms with van der Waals surface area (Å²) in [5.74, 6) is 0. The molecule has 0 atom stereocenters. The number of nitrogens with one attached hydrogen (secondary N) is 1. The Labute approximate surface area is 111 Å². The van der Waals surface area contributed by atoms with E-state index in [1.165, 1.54) is 10.5 Å². The maximum Gasteiger partial charge on any atom is 0.113 e. The van der Waals surface area contributed by atoms with Crippen LogP contribution < -0.4 is 10.2 Å². The van der Waals surface area contributed by atoms with Gasteiger partial charge in [0.25, 0.3) is 0 Å². The summed E-state index contributed by atoms with van der Waals surface area (Å²) in [6.45, 7) is 13.1. The Balaban J connectivity index is 2.99. The van der Waals surface area contributed by atoms with Gasteiger partial charge in [0.15, 0.2) is 0 Å². The molecular formula is C14H22BNS. The monoisotopic (exact) mass is 247 g/mol. The molecule has 0 fully saturated rings. The third-order valence-corrected chi connectivity index (χ3v) is 3.57. The molecule has 0 aliphatic heterocycles. The molecule has 1 aromatic carbocycles. The summed E-state index contributed by atoms with van der Waals surface area (Å²) in [6, 6.07) is 6.13. The van der Waals surface area contributed by atoms with Crippen LogP contribution >= 0.6 is 11.9 Å². The van der Waals surface area contributed by atoms with Crippen LogP contribution in [-0.2, 0) is 5.41 Å². The van der Waals surface area contributed by atoms with E-state index in [0.717, 1.165) is 5.46 Å². The van der Waals surface area contributed by atoms with Crippen LogP contribution in [0.25, 0.3) is 0 Å². The Morgan fingerprint density at radius 2 is 1.65 bits per heavy atom. The van der Waals surface area contributed by atoms with Gasteiger partial charge in [-0.3, -0.25) is 4.72 Å². The van der Waals surface area contributed by atoms with Crippen LogP contribution in [-0.4, -0.2) is 13.4 Å². The van der Waals surface area contributed by atoms with Crippen LogP contribution in [0.4, 0.5) is 0 Å². The van der Waals surface area contributed by atoms with E-state index in [9.17, 15) is 0 Å². The SMILES string of the molecule is [B]c1ccc(SNC(C)(C)C)c(C(C)(C)C)c1. The van der Waals surface area contributed by atoms with Gasteiger partial charge in [-0.15, -0.1) is 0 Å². The molecule has 0 bridgehead atoms. The molecule has 0 heterocycles. The van der Waals surface area contributed by atoms with Crippen LogP contribution in [0.15, 0.2) is 23.1 Å². The number of hydrogen-bond acceptors (Lipinski definition) is 2. The van der Waals surface area contributed by atoms with Crippen molar-refractivity contribution >= 4 is 25.3 Å². The van der Waals surface area contributed by atoms with Crippen LogP contribution in [0.1, 0.15) is 47.1 Å². The van der Waals surface area contributed by atoms with E-state index in [1.807, 2.05) is 6.07 Å². The summed E-state index contributed by atoms with van der Waals surface area (Å²) in [5.41, 5.74) is 2.33. The summed E-state index contributed by atoms with van der Waals surface area (Å²) < 4.78 is 3.45. The molecule has 2 radical (unpaired) electrons. The van der Waals surface area contributed by atoms with Crippen LogP contribution in [0.2, 0.25) is 0 Å². The Hall–Kier alpha value is -0.405. The van der Waals surface area contributed by atoms with Gasteiger partial charge < -0.3 is 0 Å². The van der Waals surface area contributed by atoms with Crippen molar-refractivity contribution in [1.82, 2.24) is 4.72 Å². The Morgan fingerprint density at radius 1 is 1.06 bits per heavy atom. The van der Waals surface area contributed by atoms with Gasteiger partial charge in [0.1, 0.15) is 7.85 Å². The minimum atomic E-state index is 0.0984. The summed E-state index contributed by atoms with van der Waals surface area (Å²) in [7, 11) is 5.88. The van der Waals surface area contributed by atoms with Crippen LogP contribution in [0.5, 0.6) is 0 Å². The van der Waals surface area contributed by atoms with Crippen LogP contribution in [0, 0.1) is 0 Å². The Bertz CT molecular complexity index is 388. The molecule has 0 aliphatic carbocycles. The largest absolute Gasteiger partial charge is 0.255 e. The highest BCUT2D eigenvalue weighted by atomic mass is 32.2.